The van der Waals surface area contributed by atoms with Gasteiger partial charge in [0.1, 0.15) is 23.8 Å². The second-order valence-corrected chi connectivity index (χ2v) is 9.50. The molecule has 0 aliphatic carbocycles. The number of hydrogen-bond acceptors (Lipinski definition) is 6. The molecule has 0 fully saturated rings. The monoisotopic (exact) mass is 525 g/mol. The van der Waals surface area contributed by atoms with Crippen molar-refractivity contribution < 1.29 is 27.4 Å². The van der Waals surface area contributed by atoms with Crippen molar-refractivity contribution in [3.8, 4) is 16.9 Å². The number of hydrogen-bond donors (Lipinski definition) is 2. The lowest BCUT2D eigenvalue weighted by molar-refractivity contribution is -0.137. The van der Waals surface area contributed by atoms with Gasteiger partial charge in [-0.15, -0.1) is 5.10 Å². The van der Waals surface area contributed by atoms with Crippen LogP contribution in [-0.2, 0) is 17.3 Å². The molecule has 3 aromatic rings. The van der Waals surface area contributed by atoms with Gasteiger partial charge in [0.15, 0.2) is 0 Å². The lowest BCUT2D eigenvalue weighted by atomic mass is 9.95. The SMILES string of the molecule is CN(CCOc1ccc(-c2c(Cl)cc(Cc3nc(N)n[nH]3)cc2C(F)(F)F)cc1)C(=O)OC(C)(C)C. The van der Waals surface area contributed by atoms with Crippen LogP contribution in [-0.4, -0.2) is 52.0 Å². The highest BCUT2D eigenvalue weighted by molar-refractivity contribution is 6.33. The summed E-state index contributed by atoms with van der Waals surface area (Å²) in [5.41, 5.74) is 4.43. The molecular formula is C24H27ClF3N5O3. The van der Waals surface area contributed by atoms with Crippen molar-refractivity contribution in [1.29, 1.82) is 0 Å². The fourth-order valence-corrected chi connectivity index (χ4v) is 3.66. The van der Waals surface area contributed by atoms with E-state index in [1.807, 2.05) is 0 Å². The number of halogens is 4. The minimum Gasteiger partial charge on any atom is -0.492 e. The number of benzene rings is 2. The standard InChI is InChI=1S/C24H27ClF3N5O3/c1-23(2,3)36-22(34)33(4)9-10-35-16-7-5-15(6-8-16)20-17(24(26,27)28)11-14(12-18(20)25)13-19-30-21(29)32-31-19/h5-8,11-12H,9-10,13H2,1-4H3,(H3,29,30,31,32). The first-order chi connectivity index (χ1) is 16.7. The summed E-state index contributed by atoms with van der Waals surface area (Å²) < 4.78 is 52.7. The Morgan fingerprint density at radius 2 is 1.83 bits per heavy atom. The normalized spacial score (nSPS) is 11.9. The van der Waals surface area contributed by atoms with Gasteiger partial charge in [-0.25, -0.2) is 4.79 Å². The fourth-order valence-electron chi connectivity index (χ4n) is 3.31. The number of aromatic amines is 1. The third-order valence-electron chi connectivity index (χ3n) is 4.92. The van der Waals surface area contributed by atoms with Crippen LogP contribution in [0.25, 0.3) is 11.1 Å². The van der Waals surface area contributed by atoms with Crippen molar-refractivity contribution >= 4 is 23.6 Å². The summed E-state index contributed by atoms with van der Waals surface area (Å²) in [6.45, 7) is 5.75. The van der Waals surface area contributed by atoms with Gasteiger partial charge in [0.25, 0.3) is 0 Å². The van der Waals surface area contributed by atoms with Crippen molar-refractivity contribution in [3.63, 3.8) is 0 Å². The second-order valence-electron chi connectivity index (χ2n) is 9.09. The highest BCUT2D eigenvalue weighted by Gasteiger charge is 2.35. The van der Waals surface area contributed by atoms with E-state index in [4.69, 9.17) is 26.8 Å². The first-order valence-corrected chi connectivity index (χ1v) is 11.3. The molecule has 0 unspecified atom stereocenters. The summed E-state index contributed by atoms with van der Waals surface area (Å²) >= 11 is 6.33. The van der Waals surface area contributed by atoms with Crippen molar-refractivity contribution in [2.45, 2.75) is 39.0 Å². The first kappa shape index (κ1) is 27.1. The smallest absolute Gasteiger partial charge is 0.417 e. The maximum Gasteiger partial charge on any atom is 0.417 e. The molecule has 2 aromatic carbocycles. The average Bonchev–Trinajstić information content (AvgIpc) is 3.16. The Morgan fingerprint density at radius 3 is 2.39 bits per heavy atom. The van der Waals surface area contributed by atoms with E-state index in [0.29, 0.717) is 17.1 Å². The lowest BCUT2D eigenvalue weighted by Crippen LogP contribution is -2.36. The minimum absolute atomic E-state index is 0.00237. The third-order valence-corrected chi connectivity index (χ3v) is 5.22. The van der Waals surface area contributed by atoms with Gasteiger partial charge in [-0.3, -0.25) is 5.10 Å². The zero-order chi connectivity index (χ0) is 26.7. The summed E-state index contributed by atoms with van der Waals surface area (Å²) in [6.07, 6.45) is -5.07. The number of carbonyl (C=O) groups excluding carboxylic acids is 1. The van der Waals surface area contributed by atoms with Crippen LogP contribution in [0.4, 0.5) is 23.9 Å². The van der Waals surface area contributed by atoms with Gasteiger partial charge >= 0.3 is 12.3 Å². The number of nitrogens with one attached hydrogen (secondary N) is 1. The van der Waals surface area contributed by atoms with Gasteiger partial charge in [-0.2, -0.15) is 18.2 Å². The zero-order valence-corrected chi connectivity index (χ0v) is 21.0. The predicted molar refractivity (Wildman–Crippen MR) is 130 cm³/mol. The van der Waals surface area contributed by atoms with Crippen molar-refractivity contribution in [1.82, 2.24) is 20.1 Å². The molecule has 0 atom stereocenters. The number of alkyl halides is 3. The fraction of sp³-hybridized carbons (Fsp3) is 0.375. The van der Waals surface area contributed by atoms with E-state index in [1.165, 1.54) is 23.1 Å². The summed E-state index contributed by atoms with van der Waals surface area (Å²) in [5.74, 6) is 0.756. The molecule has 1 amide bonds. The van der Waals surface area contributed by atoms with Crippen LogP contribution in [0.5, 0.6) is 5.75 Å². The average molecular weight is 526 g/mol. The van der Waals surface area contributed by atoms with E-state index < -0.39 is 23.4 Å². The van der Waals surface area contributed by atoms with Gasteiger partial charge in [-0.05, 0) is 56.2 Å². The maximum absolute atomic E-state index is 13.9. The van der Waals surface area contributed by atoms with Crippen LogP contribution >= 0.6 is 11.6 Å². The van der Waals surface area contributed by atoms with Crippen LogP contribution in [0.3, 0.4) is 0 Å². The van der Waals surface area contributed by atoms with Gasteiger partial charge in [0.2, 0.25) is 5.95 Å². The van der Waals surface area contributed by atoms with Crippen molar-refractivity contribution in [2.75, 3.05) is 25.9 Å². The van der Waals surface area contributed by atoms with E-state index >= 15 is 0 Å². The number of carbonyl (C=O) groups is 1. The Kier molecular flexibility index (Phi) is 8.02. The maximum atomic E-state index is 13.9. The number of nitrogens with zero attached hydrogens (tertiary/aromatic N) is 3. The third kappa shape index (κ3) is 7.27. The molecular weight excluding hydrogens is 499 g/mol. The number of nitrogen functional groups attached to an aromatic ring is 1. The van der Waals surface area contributed by atoms with E-state index in [-0.39, 0.29) is 41.7 Å². The number of amides is 1. The molecule has 194 valence electrons. The molecule has 0 saturated carbocycles. The number of ether oxygens (including phenoxy) is 2. The van der Waals surface area contributed by atoms with Crippen LogP contribution in [0.2, 0.25) is 5.02 Å². The number of aromatic nitrogens is 3. The van der Waals surface area contributed by atoms with Crippen LogP contribution in [0, 0.1) is 0 Å². The number of nitrogens with two attached hydrogens (primary N) is 1. The Hall–Kier alpha value is -3.47. The van der Waals surface area contributed by atoms with Gasteiger partial charge in [0.05, 0.1) is 12.1 Å². The van der Waals surface area contributed by atoms with E-state index in [1.54, 1.807) is 40.0 Å². The zero-order valence-electron chi connectivity index (χ0n) is 20.2. The molecule has 1 heterocycles. The second kappa shape index (κ2) is 10.7. The predicted octanol–water partition coefficient (Wildman–Crippen LogP) is 5.56. The summed E-state index contributed by atoms with van der Waals surface area (Å²) in [5, 5.41) is 6.20. The van der Waals surface area contributed by atoms with E-state index in [2.05, 4.69) is 15.2 Å². The quantitative estimate of drug-likeness (QED) is 0.418. The molecule has 3 rings (SSSR count). The molecule has 3 N–H and O–H groups in total. The number of anilines is 1. The molecule has 0 spiro atoms. The van der Waals surface area contributed by atoms with Gasteiger partial charge in [-0.1, -0.05) is 23.7 Å². The van der Waals surface area contributed by atoms with E-state index in [0.717, 1.165) is 6.07 Å². The Balaban J connectivity index is 1.74. The number of H-pyrrole nitrogens is 1. The number of likely N-dealkylation sites (N-methyl/N-ethyl adjacent to an activating group) is 1. The van der Waals surface area contributed by atoms with Gasteiger partial charge in [0, 0.05) is 24.1 Å². The molecule has 0 aliphatic rings. The molecule has 36 heavy (non-hydrogen) atoms. The summed E-state index contributed by atoms with van der Waals surface area (Å²) in [7, 11) is 1.59. The molecule has 1 aromatic heterocycles. The van der Waals surface area contributed by atoms with Gasteiger partial charge < -0.3 is 20.1 Å². The molecule has 0 radical (unpaired) electrons. The largest absolute Gasteiger partial charge is 0.492 e. The highest BCUT2D eigenvalue weighted by atomic mass is 35.5. The molecule has 0 bridgehead atoms. The Bertz CT molecular complexity index is 1210. The topological polar surface area (TPSA) is 106 Å². The summed E-state index contributed by atoms with van der Waals surface area (Å²) in [6, 6.07) is 8.59. The summed E-state index contributed by atoms with van der Waals surface area (Å²) in [4.78, 5) is 17.3. The molecule has 0 aliphatic heterocycles. The van der Waals surface area contributed by atoms with Crippen LogP contribution < -0.4 is 10.5 Å². The van der Waals surface area contributed by atoms with Crippen molar-refractivity contribution in [2.24, 2.45) is 0 Å². The minimum atomic E-state index is -4.64. The molecule has 0 saturated heterocycles. The molecule has 8 nitrogen and oxygen atoms in total. The molecule has 12 heteroatoms. The Morgan fingerprint density at radius 1 is 1.17 bits per heavy atom. The van der Waals surface area contributed by atoms with E-state index in [9.17, 15) is 18.0 Å². The van der Waals surface area contributed by atoms with Crippen molar-refractivity contribution in [3.05, 3.63) is 58.4 Å². The van der Waals surface area contributed by atoms with Crippen LogP contribution in [0.1, 0.15) is 37.7 Å². The lowest BCUT2D eigenvalue weighted by Gasteiger charge is -2.24. The van der Waals surface area contributed by atoms with Crippen LogP contribution in [0.15, 0.2) is 36.4 Å². The Labute approximate surface area is 211 Å². The highest BCUT2D eigenvalue weighted by Crippen LogP contribution is 2.42. The number of rotatable bonds is 7. The first-order valence-electron chi connectivity index (χ1n) is 11.0.